The standard InChI is InChI=1S/C18H29BN2O3/c1-17(2)18(3,4)24-19(23-17)14-11-15(13-16(12-14)22-6)21-9-7-20(5)8-10-21/h11-13H,7-10H2,1-6H3. The summed E-state index contributed by atoms with van der Waals surface area (Å²) in [4.78, 5) is 4.75. The van der Waals surface area contributed by atoms with Gasteiger partial charge >= 0.3 is 7.12 Å². The molecule has 2 aliphatic rings. The van der Waals surface area contributed by atoms with Crippen molar-refractivity contribution in [2.45, 2.75) is 38.9 Å². The van der Waals surface area contributed by atoms with Crippen LogP contribution in [-0.4, -0.2) is 63.6 Å². The van der Waals surface area contributed by atoms with E-state index in [0.29, 0.717) is 0 Å². The van der Waals surface area contributed by atoms with Crippen LogP contribution in [0.1, 0.15) is 27.7 Å². The van der Waals surface area contributed by atoms with E-state index in [9.17, 15) is 0 Å². The van der Waals surface area contributed by atoms with E-state index in [2.05, 4.69) is 56.7 Å². The fourth-order valence-electron chi connectivity index (χ4n) is 3.09. The highest BCUT2D eigenvalue weighted by Crippen LogP contribution is 2.37. The number of piperazine rings is 1. The van der Waals surface area contributed by atoms with Crippen LogP contribution in [-0.2, 0) is 9.31 Å². The molecule has 1 aromatic rings. The summed E-state index contributed by atoms with van der Waals surface area (Å²) >= 11 is 0. The summed E-state index contributed by atoms with van der Waals surface area (Å²) in [6, 6.07) is 6.29. The Kier molecular flexibility index (Phi) is 4.58. The van der Waals surface area contributed by atoms with Crippen molar-refractivity contribution in [1.82, 2.24) is 4.90 Å². The maximum Gasteiger partial charge on any atom is 0.495 e. The fourth-order valence-corrected chi connectivity index (χ4v) is 3.09. The van der Waals surface area contributed by atoms with Gasteiger partial charge in [0.2, 0.25) is 0 Å². The highest BCUT2D eigenvalue weighted by atomic mass is 16.7. The predicted octanol–water partition coefficient (Wildman–Crippen LogP) is 1.75. The highest BCUT2D eigenvalue weighted by molar-refractivity contribution is 6.62. The number of methoxy groups -OCH3 is 1. The Morgan fingerprint density at radius 1 is 0.958 bits per heavy atom. The van der Waals surface area contributed by atoms with Crippen LogP contribution in [0.2, 0.25) is 0 Å². The van der Waals surface area contributed by atoms with Gasteiger partial charge in [-0.1, -0.05) is 0 Å². The third-order valence-electron chi connectivity index (χ3n) is 5.54. The molecule has 0 atom stereocenters. The Morgan fingerprint density at radius 2 is 1.54 bits per heavy atom. The van der Waals surface area contributed by atoms with E-state index in [1.807, 2.05) is 6.07 Å². The second-order valence-corrected chi connectivity index (χ2v) is 7.84. The molecule has 0 aromatic heterocycles. The van der Waals surface area contributed by atoms with Crippen molar-refractivity contribution < 1.29 is 14.0 Å². The zero-order valence-electron chi connectivity index (χ0n) is 15.8. The lowest BCUT2D eigenvalue weighted by atomic mass is 9.78. The van der Waals surface area contributed by atoms with Crippen LogP contribution >= 0.6 is 0 Å². The normalized spacial score (nSPS) is 23.6. The van der Waals surface area contributed by atoms with Crippen LogP contribution < -0.4 is 15.1 Å². The number of nitrogens with zero attached hydrogens (tertiary/aromatic N) is 2. The second-order valence-electron chi connectivity index (χ2n) is 7.84. The average Bonchev–Trinajstić information content (AvgIpc) is 2.76. The van der Waals surface area contributed by atoms with Gasteiger partial charge in [-0.05, 0) is 52.3 Å². The monoisotopic (exact) mass is 332 g/mol. The van der Waals surface area contributed by atoms with Gasteiger partial charge in [0.25, 0.3) is 0 Å². The second kappa shape index (κ2) is 6.25. The molecule has 5 nitrogen and oxygen atoms in total. The molecule has 0 aliphatic carbocycles. The molecule has 2 fully saturated rings. The Labute approximate surface area is 146 Å². The lowest BCUT2D eigenvalue weighted by molar-refractivity contribution is 0.00578. The molecular formula is C18H29BN2O3. The zero-order valence-corrected chi connectivity index (χ0v) is 15.8. The van der Waals surface area contributed by atoms with Crippen LogP contribution in [0.5, 0.6) is 5.75 Å². The van der Waals surface area contributed by atoms with E-state index in [0.717, 1.165) is 37.4 Å². The van der Waals surface area contributed by atoms with Crippen molar-refractivity contribution in [2.75, 3.05) is 45.2 Å². The smallest absolute Gasteiger partial charge is 0.495 e. The number of likely N-dealkylation sites (N-methyl/N-ethyl adjacent to an activating group) is 1. The molecule has 2 saturated heterocycles. The maximum atomic E-state index is 6.20. The van der Waals surface area contributed by atoms with Gasteiger partial charge in [-0.15, -0.1) is 0 Å². The van der Waals surface area contributed by atoms with E-state index in [1.165, 1.54) is 5.69 Å². The lowest BCUT2D eigenvalue weighted by Crippen LogP contribution is -2.45. The summed E-state index contributed by atoms with van der Waals surface area (Å²) < 4.78 is 17.9. The molecule has 0 amide bonds. The molecule has 0 radical (unpaired) electrons. The van der Waals surface area contributed by atoms with Crippen molar-refractivity contribution in [3.8, 4) is 5.75 Å². The van der Waals surface area contributed by atoms with Gasteiger partial charge in [-0.25, -0.2) is 0 Å². The fraction of sp³-hybridized carbons (Fsp3) is 0.667. The van der Waals surface area contributed by atoms with Crippen LogP contribution in [0.4, 0.5) is 5.69 Å². The van der Waals surface area contributed by atoms with Gasteiger partial charge in [0.1, 0.15) is 5.75 Å². The van der Waals surface area contributed by atoms with E-state index >= 15 is 0 Å². The molecule has 132 valence electrons. The van der Waals surface area contributed by atoms with Gasteiger partial charge < -0.3 is 23.8 Å². The van der Waals surface area contributed by atoms with Gasteiger partial charge in [-0.3, -0.25) is 0 Å². The van der Waals surface area contributed by atoms with Crippen LogP contribution in [0, 0.1) is 0 Å². The van der Waals surface area contributed by atoms with E-state index in [-0.39, 0.29) is 18.3 Å². The topological polar surface area (TPSA) is 34.2 Å². The summed E-state index contributed by atoms with van der Waals surface area (Å²) in [5.41, 5.74) is 1.51. The Balaban J connectivity index is 1.88. The predicted molar refractivity (Wildman–Crippen MR) is 98.4 cm³/mol. The van der Waals surface area contributed by atoms with E-state index in [1.54, 1.807) is 7.11 Å². The number of rotatable bonds is 3. The van der Waals surface area contributed by atoms with Crippen LogP contribution in [0.25, 0.3) is 0 Å². The maximum absolute atomic E-state index is 6.20. The minimum atomic E-state index is -0.365. The molecular weight excluding hydrogens is 303 g/mol. The first kappa shape index (κ1) is 17.6. The number of anilines is 1. The first-order chi connectivity index (χ1) is 11.2. The largest absolute Gasteiger partial charge is 0.497 e. The van der Waals surface area contributed by atoms with E-state index < -0.39 is 0 Å². The van der Waals surface area contributed by atoms with Crippen molar-refractivity contribution in [2.24, 2.45) is 0 Å². The highest BCUT2D eigenvalue weighted by Gasteiger charge is 2.51. The quantitative estimate of drug-likeness (QED) is 0.788. The van der Waals surface area contributed by atoms with Gasteiger partial charge in [0.15, 0.2) is 0 Å². The molecule has 2 heterocycles. The number of ether oxygens (including phenoxy) is 1. The Hall–Kier alpha value is -1.24. The molecule has 1 aromatic carbocycles. The van der Waals surface area contributed by atoms with Crippen LogP contribution in [0.15, 0.2) is 18.2 Å². The summed E-state index contributed by atoms with van der Waals surface area (Å²) in [7, 11) is 3.51. The third-order valence-corrected chi connectivity index (χ3v) is 5.54. The van der Waals surface area contributed by atoms with Crippen molar-refractivity contribution in [3.05, 3.63) is 18.2 Å². The van der Waals surface area contributed by atoms with Crippen molar-refractivity contribution in [1.29, 1.82) is 0 Å². The molecule has 0 bridgehead atoms. The Bertz CT molecular complexity index is 582. The summed E-state index contributed by atoms with van der Waals surface area (Å²) in [6.45, 7) is 12.5. The first-order valence-corrected chi connectivity index (χ1v) is 8.70. The van der Waals surface area contributed by atoms with Gasteiger partial charge in [0.05, 0.1) is 18.3 Å². The number of hydrogen-bond acceptors (Lipinski definition) is 5. The van der Waals surface area contributed by atoms with Crippen LogP contribution in [0.3, 0.4) is 0 Å². The van der Waals surface area contributed by atoms with Crippen molar-refractivity contribution >= 4 is 18.3 Å². The number of benzene rings is 1. The molecule has 0 saturated carbocycles. The molecule has 0 unspecified atom stereocenters. The zero-order chi connectivity index (χ0) is 17.5. The molecule has 3 rings (SSSR count). The van der Waals surface area contributed by atoms with Gasteiger partial charge in [0, 0.05) is 37.9 Å². The minimum Gasteiger partial charge on any atom is -0.497 e. The first-order valence-electron chi connectivity index (χ1n) is 8.70. The molecule has 6 heteroatoms. The van der Waals surface area contributed by atoms with E-state index in [4.69, 9.17) is 14.0 Å². The summed E-state index contributed by atoms with van der Waals surface area (Å²) in [6.07, 6.45) is 0. The Morgan fingerprint density at radius 3 is 2.08 bits per heavy atom. The van der Waals surface area contributed by atoms with Crippen molar-refractivity contribution in [3.63, 3.8) is 0 Å². The SMILES string of the molecule is COc1cc(B2OC(C)(C)C(C)(C)O2)cc(N2CCN(C)CC2)c1. The lowest BCUT2D eigenvalue weighted by Gasteiger charge is -2.34. The summed E-state index contributed by atoms with van der Waals surface area (Å²) in [5.74, 6) is 0.844. The average molecular weight is 332 g/mol. The summed E-state index contributed by atoms with van der Waals surface area (Å²) in [5, 5.41) is 0. The minimum absolute atomic E-state index is 0.339. The third kappa shape index (κ3) is 3.28. The molecule has 24 heavy (non-hydrogen) atoms. The molecule has 0 spiro atoms. The molecule has 0 N–H and O–H groups in total. The number of hydrogen-bond donors (Lipinski definition) is 0. The molecule has 2 aliphatic heterocycles. The van der Waals surface area contributed by atoms with Gasteiger partial charge in [-0.2, -0.15) is 0 Å².